The van der Waals surface area contributed by atoms with Crippen molar-refractivity contribution in [1.82, 2.24) is 20.5 Å². The number of amides is 1. The van der Waals surface area contributed by atoms with E-state index in [9.17, 15) is 9.18 Å². The van der Waals surface area contributed by atoms with Gasteiger partial charge in [0.15, 0.2) is 5.96 Å². The summed E-state index contributed by atoms with van der Waals surface area (Å²) >= 11 is 0. The second-order valence-corrected chi connectivity index (χ2v) is 6.25. The van der Waals surface area contributed by atoms with Crippen molar-refractivity contribution < 1.29 is 9.18 Å². The van der Waals surface area contributed by atoms with Crippen LogP contribution < -0.4 is 10.6 Å². The van der Waals surface area contributed by atoms with Crippen LogP contribution in [0.15, 0.2) is 47.6 Å². The Kier molecular flexibility index (Phi) is 7.73. The molecule has 0 spiro atoms. The van der Waals surface area contributed by atoms with Crippen molar-refractivity contribution in [2.75, 3.05) is 27.2 Å². The van der Waals surface area contributed by atoms with E-state index in [1.54, 1.807) is 38.2 Å². The second kappa shape index (κ2) is 10.3. The minimum absolute atomic E-state index is 0.0461. The highest BCUT2D eigenvalue weighted by Crippen LogP contribution is 2.08. The minimum atomic E-state index is -0.234. The molecule has 0 fully saturated rings. The summed E-state index contributed by atoms with van der Waals surface area (Å²) in [5.41, 5.74) is 2.37. The molecule has 144 valence electrons. The van der Waals surface area contributed by atoms with Crippen molar-refractivity contribution in [3.8, 4) is 0 Å². The predicted molar refractivity (Wildman–Crippen MR) is 105 cm³/mol. The first-order chi connectivity index (χ1) is 13.0. The summed E-state index contributed by atoms with van der Waals surface area (Å²) < 4.78 is 13.6. The topological polar surface area (TPSA) is 69.6 Å². The van der Waals surface area contributed by atoms with E-state index in [0.717, 1.165) is 11.3 Å². The fraction of sp³-hybridized carbons (Fsp3) is 0.350. The molecule has 6 nitrogen and oxygen atoms in total. The Morgan fingerprint density at radius 1 is 1.26 bits per heavy atom. The van der Waals surface area contributed by atoms with Gasteiger partial charge in [-0.1, -0.05) is 18.2 Å². The van der Waals surface area contributed by atoms with Gasteiger partial charge in [0.2, 0.25) is 5.91 Å². The minimum Gasteiger partial charge on any atom is -0.352 e. The van der Waals surface area contributed by atoms with Crippen molar-refractivity contribution in [1.29, 1.82) is 0 Å². The smallest absolute Gasteiger partial charge is 0.241 e. The molecule has 0 radical (unpaired) electrons. The number of benzene rings is 1. The van der Waals surface area contributed by atoms with E-state index < -0.39 is 0 Å². The fourth-order valence-electron chi connectivity index (χ4n) is 2.40. The van der Waals surface area contributed by atoms with Gasteiger partial charge in [0.05, 0.1) is 6.54 Å². The van der Waals surface area contributed by atoms with E-state index in [-0.39, 0.29) is 18.3 Å². The Hall–Kier alpha value is -2.96. The molecular formula is C20H26FN5O. The molecule has 2 aromatic rings. The molecule has 0 unspecified atom stereocenters. The van der Waals surface area contributed by atoms with Crippen LogP contribution in [-0.4, -0.2) is 48.9 Å². The van der Waals surface area contributed by atoms with Crippen LogP contribution >= 0.6 is 0 Å². The number of rotatable bonds is 7. The number of aliphatic imine (C=N–C) groups is 1. The molecular weight excluding hydrogens is 345 g/mol. The number of halogens is 1. The Morgan fingerprint density at radius 3 is 2.74 bits per heavy atom. The molecule has 1 heterocycles. The van der Waals surface area contributed by atoms with Crippen LogP contribution in [0.1, 0.15) is 16.8 Å². The zero-order chi connectivity index (χ0) is 19.6. The lowest BCUT2D eigenvalue weighted by molar-refractivity contribution is -0.128. The Labute approximate surface area is 159 Å². The maximum Gasteiger partial charge on any atom is 0.241 e. The molecule has 0 aliphatic rings. The molecule has 7 heteroatoms. The number of guanidine groups is 1. The van der Waals surface area contributed by atoms with E-state index in [2.05, 4.69) is 20.6 Å². The zero-order valence-electron chi connectivity index (χ0n) is 16.0. The van der Waals surface area contributed by atoms with Crippen LogP contribution in [0.25, 0.3) is 0 Å². The summed E-state index contributed by atoms with van der Waals surface area (Å²) in [6.45, 7) is 2.86. The summed E-state index contributed by atoms with van der Waals surface area (Å²) in [4.78, 5) is 22.2. The molecule has 1 amide bonds. The quantitative estimate of drug-likeness (QED) is 0.576. The first-order valence-corrected chi connectivity index (χ1v) is 8.83. The average Bonchev–Trinajstić information content (AvgIpc) is 2.69. The van der Waals surface area contributed by atoms with Crippen molar-refractivity contribution in [3.05, 3.63) is 65.2 Å². The first-order valence-electron chi connectivity index (χ1n) is 8.83. The number of carbonyl (C=O) groups is 1. The SMILES string of the molecule is CN=C(NCC(=O)N(C)CCc1ccccn1)NCc1ccc(C)c(F)c1. The van der Waals surface area contributed by atoms with Gasteiger partial charge in [-0.3, -0.25) is 14.8 Å². The van der Waals surface area contributed by atoms with Crippen molar-refractivity contribution in [2.24, 2.45) is 4.99 Å². The number of hydrogen-bond donors (Lipinski definition) is 2. The lowest BCUT2D eigenvalue weighted by Crippen LogP contribution is -2.43. The van der Waals surface area contributed by atoms with E-state index in [1.807, 2.05) is 24.3 Å². The van der Waals surface area contributed by atoms with Gasteiger partial charge < -0.3 is 15.5 Å². The van der Waals surface area contributed by atoms with Gasteiger partial charge in [-0.25, -0.2) is 4.39 Å². The zero-order valence-corrected chi connectivity index (χ0v) is 16.0. The number of carbonyl (C=O) groups excluding carboxylic acids is 1. The average molecular weight is 371 g/mol. The largest absolute Gasteiger partial charge is 0.352 e. The Morgan fingerprint density at radius 2 is 2.07 bits per heavy atom. The van der Waals surface area contributed by atoms with Crippen LogP contribution in [0.5, 0.6) is 0 Å². The molecule has 1 aromatic carbocycles. The van der Waals surface area contributed by atoms with Gasteiger partial charge in [0.1, 0.15) is 5.82 Å². The fourth-order valence-corrected chi connectivity index (χ4v) is 2.40. The van der Waals surface area contributed by atoms with Gasteiger partial charge >= 0.3 is 0 Å². The van der Waals surface area contributed by atoms with E-state index in [0.29, 0.717) is 31.0 Å². The van der Waals surface area contributed by atoms with Crippen LogP contribution in [0.3, 0.4) is 0 Å². The normalized spacial score (nSPS) is 11.2. The molecule has 0 atom stereocenters. The molecule has 0 saturated carbocycles. The molecule has 27 heavy (non-hydrogen) atoms. The molecule has 1 aromatic heterocycles. The summed E-state index contributed by atoms with van der Waals surface area (Å²) in [5.74, 6) is 0.208. The molecule has 2 rings (SSSR count). The van der Waals surface area contributed by atoms with Crippen molar-refractivity contribution in [2.45, 2.75) is 19.9 Å². The maximum atomic E-state index is 13.6. The molecule has 2 N–H and O–H groups in total. The van der Waals surface area contributed by atoms with E-state index >= 15 is 0 Å². The Balaban J connectivity index is 1.75. The van der Waals surface area contributed by atoms with Crippen LogP contribution in [-0.2, 0) is 17.8 Å². The lowest BCUT2D eigenvalue weighted by atomic mass is 10.1. The maximum absolute atomic E-state index is 13.6. The van der Waals surface area contributed by atoms with Gasteiger partial charge in [-0.2, -0.15) is 0 Å². The highest BCUT2D eigenvalue weighted by Gasteiger charge is 2.10. The number of nitrogens with one attached hydrogen (secondary N) is 2. The van der Waals surface area contributed by atoms with Crippen LogP contribution in [0.2, 0.25) is 0 Å². The molecule has 0 saturated heterocycles. The Bertz CT molecular complexity index is 779. The molecule has 0 aliphatic carbocycles. The van der Waals surface area contributed by atoms with Crippen molar-refractivity contribution >= 4 is 11.9 Å². The summed E-state index contributed by atoms with van der Waals surface area (Å²) in [7, 11) is 3.39. The first kappa shape index (κ1) is 20.4. The van der Waals surface area contributed by atoms with E-state index in [1.165, 1.54) is 6.07 Å². The van der Waals surface area contributed by atoms with Gasteiger partial charge in [-0.05, 0) is 36.2 Å². The number of hydrogen-bond acceptors (Lipinski definition) is 3. The van der Waals surface area contributed by atoms with Crippen LogP contribution in [0.4, 0.5) is 4.39 Å². The number of aromatic nitrogens is 1. The summed E-state index contributed by atoms with van der Waals surface area (Å²) in [5, 5.41) is 6.06. The molecule has 0 bridgehead atoms. The summed E-state index contributed by atoms with van der Waals surface area (Å²) in [6.07, 6.45) is 2.45. The molecule has 0 aliphatic heterocycles. The highest BCUT2D eigenvalue weighted by molar-refractivity contribution is 5.86. The number of likely N-dealkylation sites (N-methyl/N-ethyl adjacent to an activating group) is 1. The second-order valence-electron chi connectivity index (χ2n) is 6.25. The third-order valence-corrected chi connectivity index (χ3v) is 4.18. The lowest BCUT2D eigenvalue weighted by Gasteiger charge is -2.18. The highest BCUT2D eigenvalue weighted by atomic mass is 19.1. The predicted octanol–water partition coefficient (Wildman–Crippen LogP) is 1.90. The third-order valence-electron chi connectivity index (χ3n) is 4.18. The summed E-state index contributed by atoms with van der Waals surface area (Å²) in [6, 6.07) is 10.8. The monoisotopic (exact) mass is 371 g/mol. The third kappa shape index (κ3) is 6.69. The van der Waals surface area contributed by atoms with Crippen LogP contribution in [0, 0.1) is 12.7 Å². The standard InChI is InChI=1S/C20H26FN5O/c1-15-7-8-16(12-18(15)21)13-24-20(22-2)25-14-19(27)26(3)11-9-17-6-4-5-10-23-17/h4-8,10,12H,9,11,13-14H2,1-3H3,(H2,22,24,25). The number of nitrogens with zero attached hydrogens (tertiary/aromatic N) is 3. The van der Waals surface area contributed by atoms with Gasteiger partial charge in [-0.15, -0.1) is 0 Å². The van der Waals surface area contributed by atoms with Crippen molar-refractivity contribution in [3.63, 3.8) is 0 Å². The number of aryl methyl sites for hydroxylation is 1. The number of pyridine rings is 1. The van der Waals surface area contributed by atoms with Gasteiger partial charge in [0.25, 0.3) is 0 Å². The van der Waals surface area contributed by atoms with E-state index in [4.69, 9.17) is 0 Å². The van der Waals surface area contributed by atoms with Gasteiger partial charge in [0, 0.05) is 45.5 Å².